The Labute approximate surface area is 92.8 Å². The number of allylic oxidation sites excluding steroid dienone is 2. The molecule has 0 saturated heterocycles. The quantitative estimate of drug-likeness (QED) is 0.597. The maximum absolute atomic E-state index is 11.9. The maximum atomic E-state index is 11.9. The molecule has 16 heavy (non-hydrogen) atoms. The first-order valence-electron chi connectivity index (χ1n) is 5.58. The highest BCUT2D eigenvalue weighted by atomic mass is 19.4. The van der Waals surface area contributed by atoms with Crippen molar-refractivity contribution in [2.24, 2.45) is 17.8 Å². The summed E-state index contributed by atoms with van der Waals surface area (Å²) in [6.07, 6.45) is 2.34. The van der Waals surface area contributed by atoms with Gasteiger partial charge in [0.25, 0.3) is 0 Å². The van der Waals surface area contributed by atoms with E-state index < -0.39 is 12.8 Å². The van der Waals surface area contributed by atoms with Crippen molar-refractivity contribution in [2.75, 3.05) is 6.61 Å². The lowest BCUT2D eigenvalue weighted by Gasteiger charge is -2.25. The third-order valence-electron chi connectivity index (χ3n) is 3.48. The molecule has 0 amide bonds. The van der Waals surface area contributed by atoms with Gasteiger partial charge in [-0.2, -0.15) is 18.7 Å². The molecule has 1 fully saturated rings. The Morgan fingerprint density at radius 1 is 1.38 bits per heavy atom. The predicted molar refractivity (Wildman–Crippen MR) is 53.4 cm³/mol. The smallest absolute Gasteiger partial charge is 0.292 e. The highest BCUT2D eigenvalue weighted by Crippen LogP contribution is 2.44. The van der Waals surface area contributed by atoms with Crippen LogP contribution in [-0.2, 0) is 4.84 Å². The fourth-order valence-electron chi connectivity index (χ4n) is 2.74. The van der Waals surface area contributed by atoms with Gasteiger partial charge in [-0.15, -0.1) is 0 Å². The summed E-state index contributed by atoms with van der Waals surface area (Å²) in [6.45, 7) is 0.656. The molecule has 2 bridgehead atoms. The van der Waals surface area contributed by atoms with Gasteiger partial charge >= 0.3 is 6.18 Å². The van der Waals surface area contributed by atoms with Crippen LogP contribution in [0.3, 0.4) is 0 Å². The second-order valence-electron chi connectivity index (χ2n) is 4.75. The maximum Gasteiger partial charge on any atom is 0.413 e. The van der Waals surface area contributed by atoms with Gasteiger partial charge in [-0.05, 0) is 37.5 Å². The Morgan fingerprint density at radius 2 is 2.12 bits per heavy atom. The van der Waals surface area contributed by atoms with E-state index in [1.54, 1.807) is 0 Å². The Balaban J connectivity index is 1.73. The molecular formula is C11H16F3NO. The van der Waals surface area contributed by atoms with Crippen molar-refractivity contribution in [3.8, 4) is 0 Å². The zero-order chi connectivity index (χ0) is 11.8. The normalized spacial score (nSPS) is 34.6. The molecule has 0 aliphatic heterocycles. The van der Waals surface area contributed by atoms with Gasteiger partial charge in [-0.1, -0.05) is 12.2 Å². The SMILES string of the molecule is CC(NOCC(F)(F)F)C1CC2C=CC1C2. The van der Waals surface area contributed by atoms with Gasteiger partial charge < -0.3 is 0 Å². The zero-order valence-electron chi connectivity index (χ0n) is 9.13. The zero-order valence-corrected chi connectivity index (χ0v) is 9.13. The summed E-state index contributed by atoms with van der Waals surface area (Å²) in [4.78, 5) is 4.48. The number of fused-ring (bicyclic) bond motifs is 2. The molecule has 2 aliphatic carbocycles. The van der Waals surface area contributed by atoms with Crippen LogP contribution in [0.4, 0.5) is 13.2 Å². The lowest BCUT2D eigenvalue weighted by molar-refractivity contribution is -0.194. The summed E-state index contributed by atoms with van der Waals surface area (Å²) in [7, 11) is 0. The van der Waals surface area contributed by atoms with Crippen LogP contribution in [0.15, 0.2) is 12.2 Å². The fraction of sp³-hybridized carbons (Fsp3) is 0.818. The third-order valence-corrected chi connectivity index (χ3v) is 3.48. The van der Waals surface area contributed by atoms with Crippen molar-refractivity contribution in [1.82, 2.24) is 5.48 Å². The van der Waals surface area contributed by atoms with E-state index in [9.17, 15) is 13.2 Å². The number of hydroxylamine groups is 1. The number of alkyl halides is 3. The van der Waals surface area contributed by atoms with E-state index in [4.69, 9.17) is 0 Å². The van der Waals surface area contributed by atoms with E-state index in [0.717, 1.165) is 12.8 Å². The van der Waals surface area contributed by atoms with E-state index in [-0.39, 0.29) is 6.04 Å². The Kier molecular flexibility index (Phi) is 3.26. The summed E-state index contributed by atoms with van der Waals surface area (Å²) in [5, 5.41) is 0. The molecule has 0 spiro atoms. The van der Waals surface area contributed by atoms with E-state index in [1.807, 2.05) is 6.92 Å². The van der Waals surface area contributed by atoms with Crippen LogP contribution in [0, 0.1) is 17.8 Å². The molecule has 0 aromatic heterocycles. The van der Waals surface area contributed by atoms with Crippen molar-refractivity contribution in [3.05, 3.63) is 12.2 Å². The average Bonchev–Trinajstić information content (AvgIpc) is 2.76. The van der Waals surface area contributed by atoms with E-state index in [0.29, 0.717) is 17.8 Å². The minimum absolute atomic E-state index is 0.0256. The van der Waals surface area contributed by atoms with E-state index in [1.165, 1.54) is 0 Å². The first-order chi connectivity index (χ1) is 7.46. The number of rotatable bonds is 4. The summed E-state index contributed by atoms with van der Waals surface area (Å²) < 4.78 is 35.6. The van der Waals surface area contributed by atoms with Crippen LogP contribution >= 0.6 is 0 Å². The van der Waals surface area contributed by atoms with Gasteiger partial charge in [0.15, 0.2) is 6.61 Å². The van der Waals surface area contributed by atoms with Gasteiger partial charge in [-0.25, -0.2) is 0 Å². The Hall–Kier alpha value is -0.550. The van der Waals surface area contributed by atoms with Crippen molar-refractivity contribution < 1.29 is 18.0 Å². The first-order valence-corrected chi connectivity index (χ1v) is 5.58. The van der Waals surface area contributed by atoms with Crippen LogP contribution in [0.1, 0.15) is 19.8 Å². The van der Waals surface area contributed by atoms with Crippen LogP contribution in [0.25, 0.3) is 0 Å². The highest BCUT2D eigenvalue weighted by Gasteiger charge is 2.38. The highest BCUT2D eigenvalue weighted by molar-refractivity contribution is 5.11. The first kappa shape index (κ1) is 11.9. The third kappa shape index (κ3) is 2.77. The number of hydrogen-bond acceptors (Lipinski definition) is 2. The average molecular weight is 235 g/mol. The second-order valence-corrected chi connectivity index (χ2v) is 4.75. The van der Waals surface area contributed by atoms with Crippen LogP contribution in [0.5, 0.6) is 0 Å². The van der Waals surface area contributed by atoms with Gasteiger partial charge in [0.05, 0.1) is 0 Å². The summed E-state index contributed by atoms with van der Waals surface area (Å²) >= 11 is 0. The lowest BCUT2D eigenvalue weighted by Crippen LogP contribution is -2.37. The van der Waals surface area contributed by atoms with Gasteiger partial charge in [-0.3, -0.25) is 4.84 Å². The van der Waals surface area contributed by atoms with Crippen LogP contribution in [-0.4, -0.2) is 18.8 Å². The molecule has 92 valence electrons. The van der Waals surface area contributed by atoms with Crippen molar-refractivity contribution >= 4 is 0 Å². The Bertz CT molecular complexity index is 277. The molecule has 0 radical (unpaired) electrons. The molecule has 5 heteroatoms. The number of halogens is 3. The van der Waals surface area contributed by atoms with Gasteiger partial charge in [0.2, 0.25) is 0 Å². The number of hydrogen-bond donors (Lipinski definition) is 1. The molecular weight excluding hydrogens is 219 g/mol. The molecule has 1 N–H and O–H groups in total. The molecule has 2 aliphatic rings. The molecule has 4 unspecified atom stereocenters. The minimum Gasteiger partial charge on any atom is -0.292 e. The largest absolute Gasteiger partial charge is 0.413 e. The molecule has 0 aromatic carbocycles. The molecule has 0 heterocycles. The van der Waals surface area contributed by atoms with Gasteiger partial charge in [0, 0.05) is 6.04 Å². The standard InChI is InChI=1S/C11H16F3NO/c1-7(15-16-6-11(12,13)14)10-5-8-2-3-9(10)4-8/h2-3,7-10,15H,4-6H2,1H3. The Morgan fingerprint density at radius 3 is 2.62 bits per heavy atom. The van der Waals surface area contributed by atoms with Crippen LogP contribution < -0.4 is 5.48 Å². The molecule has 0 aromatic rings. The van der Waals surface area contributed by atoms with Crippen molar-refractivity contribution in [3.63, 3.8) is 0 Å². The van der Waals surface area contributed by atoms with E-state index in [2.05, 4.69) is 22.5 Å². The van der Waals surface area contributed by atoms with Crippen molar-refractivity contribution in [1.29, 1.82) is 0 Å². The fourth-order valence-corrected chi connectivity index (χ4v) is 2.74. The molecule has 4 atom stereocenters. The monoisotopic (exact) mass is 235 g/mol. The molecule has 2 nitrogen and oxygen atoms in total. The van der Waals surface area contributed by atoms with Crippen molar-refractivity contribution in [2.45, 2.75) is 32.0 Å². The summed E-state index contributed by atoms with van der Waals surface area (Å²) in [5.41, 5.74) is 2.51. The van der Waals surface area contributed by atoms with Crippen LogP contribution in [0.2, 0.25) is 0 Å². The summed E-state index contributed by atoms with van der Waals surface area (Å²) in [6, 6.07) is -0.0256. The number of nitrogens with one attached hydrogen (secondary N) is 1. The molecule has 1 saturated carbocycles. The summed E-state index contributed by atoms with van der Waals surface area (Å²) in [5.74, 6) is 1.55. The lowest BCUT2D eigenvalue weighted by atomic mass is 9.88. The van der Waals surface area contributed by atoms with E-state index >= 15 is 0 Å². The minimum atomic E-state index is -4.26. The van der Waals surface area contributed by atoms with Gasteiger partial charge in [0.1, 0.15) is 0 Å². The predicted octanol–water partition coefficient (Wildman–Crippen LogP) is 2.67. The molecule has 2 rings (SSSR count). The second kappa shape index (κ2) is 4.37. The topological polar surface area (TPSA) is 21.3 Å².